The number of hydrogen-bond acceptors (Lipinski definition) is 2. The van der Waals surface area contributed by atoms with Gasteiger partial charge in [-0.3, -0.25) is 0 Å². The molecule has 0 fully saturated rings. The van der Waals surface area contributed by atoms with Crippen LogP contribution in [0.3, 0.4) is 0 Å². The summed E-state index contributed by atoms with van der Waals surface area (Å²) >= 11 is 1.95. The van der Waals surface area contributed by atoms with E-state index in [0.717, 1.165) is 12.3 Å². The van der Waals surface area contributed by atoms with Crippen LogP contribution in [-0.2, 0) is 0 Å². The first kappa shape index (κ1) is 15.1. The molecular weight excluding hydrogens is 262 g/mol. The van der Waals surface area contributed by atoms with Gasteiger partial charge in [-0.25, -0.2) is 0 Å². The van der Waals surface area contributed by atoms with Crippen molar-refractivity contribution in [1.82, 2.24) is 5.32 Å². The van der Waals surface area contributed by atoms with E-state index in [9.17, 15) is 0 Å². The van der Waals surface area contributed by atoms with Gasteiger partial charge in [0.15, 0.2) is 0 Å². The molecule has 0 amide bonds. The van der Waals surface area contributed by atoms with E-state index in [2.05, 4.69) is 66.8 Å². The molecule has 0 bridgehead atoms. The Balaban J connectivity index is 1.95. The van der Waals surface area contributed by atoms with Gasteiger partial charge in [-0.05, 0) is 55.3 Å². The van der Waals surface area contributed by atoms with Gasteiger partial charge in [-0.1, -0.05) is 42.5 Å². The Kier molecular flexibility index (Phi) is 6.16. The van der Waals surface area contributed by atoms with E-state index < -0.39 is 0 Å². The fourth-order valence-electron chi connectivity index (χ4n) is 2.49. The molecule has 0 aliphatic rings. The van der Waals surface area contributed by atoms with Crippen LogP contribution in [-0.4, -0.2) is 19.3 Å². The molecule has 0 aliphatic heterocycles. The van der Waals surface area contributed by atoms with E-state index in [0.29, 0.717) is 5.92 Å². The number of likely N-dealkylation sites (N-methyl/N-ethyl adjacent to an activating group) is 1. The molecular formula is C18H23NS. The largest absolute Gasteiger partial charge is 0.319 e. The molecule has 1 nitrogen and oxygen atoms in total. The van der Waals surface area contributed by atoms with E-state index in [1.807, 2.05) is 18.8 Å². The number of rotatable bonds is 7. The highest BCUT2D eigenvalue weighted by Crippen LogP contribution is 2.26. The lowest BCUT2D eigenvalue weighted by Gasteiger charge is -2.19. The predicted octanol–water partition coefficient (Wildman–Crippen LogP) is 4.48. The fourth-order valence-corrected chi connectivity index (χ4v) is 3.48. The lowest BCUT2D eigenvalue weighted by molar-refractivity contribution is 0.613. The zero-order valence-corrected chi connectivity index (χ0v) is 13.1. The maximum absolute atomic E-state index is 3.33. The number of hydrogen-bond donors (Lipinski definition) is 1. The van der Waals surface area contributed by atoms with E-state index in [4.69, 9.17) is 0 Å². The highest BCUT2D eigenvalue weighted by Gasteiger charge is 2.12. The monoisotopic (exact) mass is 285 g/mol. The summed E-state index contributed by atoms with van der Waals surface area (Å²) in [6.45, 7) is 3.25. The van der Waals surface area contributed by atoms with Crippen molar-refractivity contribution in [2.24, 2.45) is 0 Å². The minimum Gasteiger partial charge on any atom is -0.319 e. The fraction of sp³-hybridized carbons (Fsp3) is 0.333. The summed E-state index contributed by atoms with van der Waals surface area (Å²) < 4.78 is 0. The highest BCUT2D eigenvalue weighted by atomic mass is 32.2. The summed E-state index contributed by atoms with van der Waals surface area (Å²) in [5.41, 5.74) is 2.88. The van der Waals surface area contributed by atoms with Gasteiger partial charge in [-0.2, -0.15) is 0 Å². The summed E-state index contributed by atoms with van der Waals surface area (Å²) in [6, 6.07) is 19.4. The molecule has 2 aromatic carbocycles. The Morgan fingerprint density at radius 2 is 1.70 bits per heavy atom. The molecule has 0 heterocycles. The summed E-state index contributed by atoms with van der Waals surface area (Å²) in [7, 11) is 2.04. The maximum atomic E-state index is 3.33. The van der Waals surface area contributed by atoms with Crippen LogP contribution in [0, 0.1) is 6.92 Å². The van der Waals surface area contributed by atoms with Crippen molar-refractivity contribution in [3.63, 3.8) is 0 Å². The average molecular weight is 285 g/mol. The first-order valence-electron chi connectivity index (χ1n) is 7.19. The smallest absolute Gasteiger partial charge is 0.00719 e. The molecule has 20 heavy (non-hydrogen) atoms. The maximum Gasteiger partial charge on any atom is 0.00719 e. The molecule has 106 valence electrons. The van der Waals surface area contributed by atoms with Gasteiger partial charge in [0.1, 0.15) is 0 Å². The third-order valence-electron chi connectivity index (χ3n) is 3.56. The van der Waals surface area contributed by atoms with Gasteiger partial charge in [0.25, 0.3) is 0 Å². The lowest BCUT2D eigenvalue weighted by atomic mass is 9.92. The first-order chi connectivity index (χ1) is 9.81. The van der Waals surface area contributed by atoms with E-state index in [1.54, 1.807) is 0 Å². The van der Waals surface area contributed by atoms with Crippen LogP contribution in [0.25, 0.3) is 0 Å². The Labute approximate surface area is 126 Å². The van der Waals surface area contributed by atoms with Gasteiger partial charge in [0.2, 0.25) is 0 Å². The first-order valence-corrected chi connectivity index (χ1v) is 8.18. The third-order valence-corrected chi connectivity index (χ3v) is 4.60. The molecule has 2 aromatic rings. The summed E-state index contributed by atoms with van der Waals surface area (Å²) in [6.07, 6.45) is 1.20. The molecule has 2 heteroatoms. The Morgan fingerprint density at radius 1 is 1.00 bits per heavy atom. The third kappa shape index (κ3) is 4.39. The molecule has 1 N–H and O–H groups in total. The van der Waals surface area contributed by atoms with E-state index in [1.165, 1.54) is 22.4 Å². The molecule has 0 spiro atoms. The van der Waals surface area contributed by atoms with Crippen molar-refractivity contribution in [3.05, 3.63) is 65.7 Å². The van der Waals surface area contributed by atoms with Crippen LogP contribution in [0.5, 0.6) is 0 Å². The number of benzene rings is 2. The average Bonchev–Trinajstić information content (AvgIpc) is 2.48. The molecule has 1 atom stereocenters. The van der Waals surface area contributed by atoms with Crippen molar-refractivity contribution in [2.75, 3.05) is 19.3 Å². The van der Waals surface area contributed by atoms with Crippen LogP contribution >= 0.6 is 11.8 Å². The summed E-state index contributed by atoms with van der Waals surface area (Å²) in [5, 5.41) is 3.33. The second-order valence-electron chi connectivity index (χ2n) is 5.06. The van der Waals surface area contributed by atoms with Crippen LogP contribution in [0.1, 0.15) is 23.5 Å². The minimum absolute atomic E-state index is 0.595. The van der Waals surface area contributed by atoms with Crippen LogP contribution in [0.15, 0.2) is 59.5 Å². The van der Waals surface area contributed by atoms with E-state index in [-0.39, 0.29) is 0 Å². The molecule has 0 aromatic heterocycles. The SMILES string of the molecule is CNCC(CCSc1ccccc1)c1ccccc1C. The number of thioether (sulfide) groups is 1. The van der Waals surface area contributed by atoms with Crippen LogP contribution in [0.2, 0.25) is 0 Å². The van der Waals surface area contributed by atoms with Crippen molar-refractivity contribution < 1.29 is 0 Å². The van der Waals surface area contributed by atoms with Crippen molar-refractivity contribution in [3.8, 4) is 0 Å². The quantitative estimate of drug-likeness (QED) is 0.753. The van der Waals surface area contributed by atoms with Gasteiger partial charge in [0, 0.05) is 11.4 Å². The molecule has 2 rings (SSSR count). The standard InChI is InChI=1S/C18H23NS/c1-15-8-6-7-11-18(15)16(14-19-2)12-13-20-17-9-4-3-5-10-17/h3-11,16,19H,12-14H2,1-2H3. The molecule has 0 saturated heterocycles. The Bertz CT molecular complexity index is 510. The van der Waals surface area contributed by atoms with Gasteiger partial charge >= 0.3 is 0 Å². The lowest BCUT2D eigenvalue weighted by Crippen LogP contribution is -2.18. The summed E-state index contributed by atoms with van der Waals surface area (Å²) in [4.78, 5) is 1.36. The highest BCUT2D eigenvalue weighted by molar-refractivity contribution is 7.99. The van der Waals surface area contributed by atoms with Gasteiger partial charge in [0.05, 0.1) is 0 Å². The minimum atomic E-state index is 0.595. The second-order valence-corrected chi connectivity index (χ2v) is 6.23. The predicted molar refractivity (Wildman–Crippen MR) is 89.6 cm³/mol. The van der Waals surface area contributed by atoms with Crippen molar-refractivity contribution in [1.29, 1.82) is 0 Å². The summed E-state index contributed by atoms with van der Waals surface area (Å²) in [5.74, 6) is 1.75. The molecule has 1 unspecified atom stereocenters. The van der Waals surface area contributed by atoms with Crippen LogP contribution in [0.4, 0.5) is 0 Å². The zero-order valence-electron chi connectivity index (χ0n) is 12.3. The van der Waals surface area contributed by atoms with Crippen LogP contribution < -0.4 is 5.32 Å². The van der Waals surface area contributed by atoms with Crippen molar-refractivity contribution in [2.45, 2.75) is 24.2 Å². The normalized spacial score (nSPS) is 12.3. The van der Waals surface area contributed by atoms with E-state index >= 15 is 0 Å². The van der Waals surface area contributed by atoms with Crippen molar-refractivity contribution >= 4 is 11.8 Å². The van der Waals surface area contributed by atoms with Gasteiger partial charge in [-0.15, -0.1) is 11.8 Å². The number of aryl methyl sites for hydroxylation is 1. The Hall–Kier alpha value is -1.25. The van der Waals surface area contributed by atoms with Gasteiger partial charge < -0.3 is 5.32 Å². The zero-order chi connectivity index (χ0) is 14.2. The second kappa shape index (κ2) is 8.13. The number of nitrogens with one attached hydrogen (secondary N) is 1. The Morgan fingerprint density at radius 3 is 2.40 bits per heavy atom. The molecule has 0 aliphatic carbocycles. The topological polar surface area (TPSA) is 12.0 Å². The molecule has 0 radical (unpaired) electrons. The molecule has 0 saturated carbocycles.